The number of carbonyl (C=O) groups is 1. The Labute approximate surface area is 96.6 Å². The van der Waals surface area contributed by atoms with E-state index in [1.165, 1.54) is 10.7 Å². The molecule has 17 heavy (non-hydrogen) atoms. The molecule has 0 atom stereocenters. The first kappa shape index (κ1) is 12.9. The third-order valence-electron chi connectivity index (χ3n) is 1.78. The van der Waals surface area contributed by atoms with Crippen molar-refractivity contribution in [2.75, 3.05) is 13.2 Å². The number of hydrogen-bond acceptors (Lipinski definition) is 6. The lowest BCUT2D eigenvalue weighted by Gasteiger charge is -2.03. The van der Waals surface area contributed by atoms with E-state index in [2.05, 4.69) is 9.94 Å². The molecule has 1 aromatic heterocycles. The second-order valence-corrected chi connectivity index (χ2v) is 3.02. The molecule has 9 nitrogen and oxygen atoms in total. The van der Waals surface area contributed by atoms with Gasteiger partial charge in [0.15, 0.2) is 5.84 Å². The van der Waals surface area contributed by atoms with Gasteiger partial charge in [-0.3, -0.25) is 10.7 Å². The number of amides is 1. The summed E-state index contributed by atoms with van der Waals surface area (Å²) in [6, 6.07) is 1.44. The maximum absolute atomic E-state index is 10.3. The van der Waals surface area contributed by atoms with Crippen LogP contribution in [0.2, 0.25) is 0 Å². The van der Waals surface area contributed by atoms with Crippen LogP contribution in [0.3, 0.4) is 0 Å². The van der Waals surface area contributed by atoms with Crippen LogP contribution in [0, 0.1) is 5.41 Å². The van der Waals surface area contributed by atoms with Gasteiger partial charge in [0.1, 0.15) is 18.9 Å². The van der Waals surface area contributed by atoms with Crippen molar-refractivity contribution in [2.45, 2.75) is 0 Å². The Balaban J connectivity index is 2.67. The fraction of sp³-hybridized carbons (Fsp3) is 0.375. The quantitative estimate of drug-likeness (QED) is 0.233. The molecule has 0 fully saturated rings. The van der Waals surface area contributed by atoms with Crippen molar-refractivity contribution in [3.8, 4) is 5.88 Å². The van der Waals surface area contributed by atoms with Crippen LogP contribution >= 0.6 is 0 Å². The Bertz CT molecular complexity index is 416. The molecule has 1 aromatic rings. The summed E-state index contributed by atoms with van der Waals surface area (Å²) in [6.07, 6.45) is -1.32. The fourth-order valence-corrected chi connectivity index (χ4v) is 1.07. The summed E-state index contributed by atoms with van der Waals surface area (Å²) in [5.41, 5.74) is 0.165. The standard InChI is InChI=1S/C8H13N5O4/c1-13-6(16-2-3-17-10)4-5(12-13)7(9)11-8(14)15/h4H,2-3,10H2,1H3,(H2,9,11)(H,14,15). The average molecular weight is 243 g/mol. The minimum Gasteiger partial charge on any atom is -0.475 e. The number of hydrogen-bond donors (Lipinski definition) is 4. The summed E-state index contributed by atoms with van der Waals surface area (Å²) in [7, 11) is 1.61. The zero-order chi connectivity index (χ0) is 12.8. The molecular formula is C8H13N5O4. The first-order valence-electron chi connectivity index (χ1n) is 4.62. The molecule has 1 rings (SSSR count). The first-order valence-corrected chi connectivity index (χ1v) is 4.62. The topological polar surface area (TPSA) is 135 Å². The van der Waals surface area contributed by atoms with Crippen LogP contribution in [0.15, 0.2) is 6.07 Å². The van der Waals surface area contributed by atoms with Gasteiger partial charge in [-0.15, -0.1) is 0 Å². The van der Waals surface area contributed by atoms with E-state index in [1.807, 2.05) is 5.32 Å². The highest BCUT2D eigenvalue weighted by Crippen LogP contribution is 2.11. The maximum atomic E-state index is 10.3. The monoisotopic (exact) mass is 243 g/mol. The van der Waals surface area contributed by atoms with Gasteiger partial charge in [-0.25, -0.2) is 15.4 Å². The van der Waals surface area contributed by atoms with Crippen LogP contribution < -0.4 is 16.0 Å². The molecule has 1 amide bonds. The minimum atomic E-state index is -1.32. The zero-order valence-electron chi connectivity index (χ0n) is 9.14. The lowest BCUT2D eigenvalue weighted by Crippen LogP contribution is -2.29. The van der Waals surface area contributed by atoms with Gasteiger partial charge in [-0.1, -0.05) is 0 Å². The number of nitrogens with two attached hydrogens (primary N) is 1. The highest BCUT2D eigenvalue weighted by atomic mass is 16.6. The van der Waals surface area contributed by atoms with Crippen LogP contribution in [-0.4, -0.2) is 40.0 Å². The molecule has 0 spiro atoms. The SMILES string of the molecule is Cn1nc(C(=N)NC(=O)O)cc1OCCON. The third-order valence-corrected chi connectivity index (χ3v) is 1.78. The predicted molar refractivity (Wildman–Crippen MR) is 56.8 cm³/mol. The van der Waals surface area contributed by atoms with E-state index >= 15 is 0 Å². The molecule has 0 aliphatic carbocycles. The Kier molecular flexibility index (Phi) is 4.43. The molecule has 0 radical (unpaired) electrons. The van der Waals surface area contributed by atoms with E-state index in [4.69, 9.17) is 21.1 Å². The fourth-order valence-electron chi connectivity index (χ4n) is 1.07. The van der Waals surface area contributed by atoms with Gasteiger partial charge < -0.3 is 14.7 Å². The van der Waals surface area contributed by atoms with Crippen molar-refractivity contribution in [3.05, 3.63) is 11.8 Å². The number of aryl methyl sites for hydroxylation is 1. The summed E-state index contributed by atoms with van der Waals surface area (Å²) in [5, 5.41) is 21.7. The first-order chi connectivity index (χ1) is 8.04. The van der Waals surface area contributed by atoms with Crippen molar-refractivity contribution in [1.82, 2.24) is 15.1 Å². The van der Waals surface area contributed by atoms with Crippen LogP contribution in [0.1, 0.15) is 5.69 Å². The normalized spacial score (nSPS) is 10.0. The molecule has 1 heterocycles. The van der Waals surface area contributed by atoms with Gasteiger partial charge in [-0.2, -0.15) is 5.10 Å². The average Bonchev–Trinajstić information content (AvgIpc) is 2.60. The van der Waals surface area contributed by atoms with Gasteiger partial charge >= 0.3 is 6.09 Å². The summed E-state index contributed by atoms with van der Waals surface area (Å²) in [6.45, 7) is 0.445. The molecule has 94 valence electrons. The number of aromatic nitrogens is 2. The molecule has 0 saturated heterocycles. The number of amidine groups is 1. The molecule has 0 saturated carbocycles. The number of nitrogens with zero attached hydrogens (tertiary/aromatic N) is 2. The van der Waals surface area contributed by atoms with Gasteiger partial charge in [0.25, 0.3) is 0 Å². The van der Waals surface area contributed by atoms with Crippen molar-refractivity contribution >= 4 is 11.9 Å². The Hall–Kier alpha value is -2.13. The lowest BCUT2D eigenvalue weighted by atomic mass is 10.4. The molecule has 9 heteroatoms. The summed E-state index contributed by atoms with van der Waals surface area (Å²) < 4.78 is 6.62. The largest absolute Gasteiger partial charge is 0.475 e. The van der Waals surface area contributed by atoms with E-state index in [9.17, 15) is 4.79 Å². The van der Waals surface area contributed by atoms with E-state index in [1.54, 1.807) is 7.05 Å². The Morgan fingerprint density at radius 1 is 1.71 bits per heavy atom. The van der Waals surface area contributed by atoms with Crippen molar-refractivity contribution < 1.29 is 19.5 Å². The Morgan fingerprint density at radius 2 is 2.41 bits per heavy atom. The molecule has 0 aliphatic heterocycles. The molecule has 5 N–H and O–H groups in total. The van der Waals surface area contributed by atoms with Gasteiger partial charge in [0.2, 0.25) is 5.88 Å². The molecular weight excluding hydrogens is 230 g/mol. The number of ether oxygens (including phenoxy) is 1. The van der Waals surface area contributed by atoms with Crippen LogP contribution in [0.4, 0.5) is 4.79 Å². The number of nitrogens with one attached hydrogen (secondary N) is 2. The maximum Gasteiger partial charge on any atom is 0.410 e. The van der Waals surface area contributed by atoms with Gasteiger partial charge in [0, 0.05) is 13.1 Å². The van der Waals surface area contributed by atoms with Crippen LogP contribution in [0.25, 0.3) is 0 Å². The second kappa shape index (κ2) is 5.82. The summed E-state index contributed by atoms with van der Waals surface area (Å²) in [5.74, 6) is 4.89. The van der Waals surface area contributed by atoms with Gasteiger partial charge in [0.05, 0.1) is 0 Å². The zero-order valence-corrected chi connectivity index (χ0v) is 9.14. The van der Waals surface area contributed by atoms with E-state index in [-0.39, 0.29) is 24.7 Å². The molecule has 0 bridgehead atoms. The molecule has 0 unspecified atom stereocenters. The Morgan fingerprint density at radius 3 is 3.00 bits per heavy atom. The lowest BCUT2D eigenvalue weighted by molar-refractivity contribution is 0.0986. The summed E-state index contributed by atoms with van der Waals surface area (Å²) >= 11 is 0. The number of rotatable bonds is 5. The number of carboxylic acid groups (broad SMARTS) is 1. The predicted octanol–water partition coefficient (Wildman–Crippen LogP) is -0.718. The van der Waals surface area contributed by atoms with Crippen molar-refractivity contribution in [2.24, 2.45) is 12.9 Å². The highest BCUT2D eigenvalue weighted by molar-refractivity contribution is 6.02. The van der Waals surface area contributed by atoms with E-state index in [0.717, 1.165) is 0 Å². The third kappa shape index (κ3) is 3.74. The van der Waals surface area contributed by atoms with Crippen molar-refractivity contribution in [3.63, 3.8) is 0 Å². The molecule has 0 aliphatic rings. The molecule has 0 aromatic carbocycles. The highest BCUT2D eigenvalue weighted by Gasteiger charge is 2.12. The van der Waals surface area contributed by atoms with E-state index < -0.39 is 6.09 Å². The second-order valence-electron chi connectivity index (χ2n) is 3.02. The van der Waals surface area contributed by atoms with Crippen molar-refractivity contribution in [1.29, 1.82) is 5.41 Å². The smallest absolute Gasteiger partial charge is 0.410 e. The van der Waals surface area contributed by atoms with E-state index in [0.29, 0.717) is 5.88 Å². The minimum absolute atomic E-state index is 0.165. The van der Waals surface area contributed by atoms with Crippen LogP contribution in [-0.2, 0) is 11.9 Å². The van der Waals surface area contributed by atoms with Crippen LogP contribution in [0.5, 0.6) is 5.88 Å². The summed E-state index contributed by atoms with van der Waals surface area (Å²) in [4.78, 5) is 14.7. The van der Waals surface area contributed by atoms with Gasteiger partial charge in [-0.05, 0) is 0 Å².